The zero-order valence-electron chi connectivity index (χ0n) is 10.7. The van der Waals surface area contributed by atoms with Crippen LogP contribution in [0.4, 0.5) is 16.2 Å². The van der Waals surface area contributed by atoms with Crippen molar-refractivity contribution in [2.45, 2.75) is 25.3 Å². The third kappa shape index (κ3) is 2.37. The average molecular weight is 340 g/mol. The molecule has 106 valence electrons. The van der Waals surface area contributed by atoms with Crippen LogP contribution < -0.4 is 5.32 Å². The first-order chi connectivity index (χ1) is 9.54. The Hall–Kier alpha value is -1.63. The van der Waals surface area contributed by atoms with Gasteiger partial charge in [-0.25, -0.2) is 4.79 Å². The van der Waals surface area contributed by atoms with Gasteiger partial charge in [-0.2, -0.15) is 0 Å². The molecule has 2 bridgehead atoms. The normalized spacial score (nSPS) is 23.9. The van der Waals surface area contributed by atoms with Gasteiger partial charge in [0.25, 0.3) is 5.69 Å². The van der Waals surface area contributed by atoms with Crippen molar-refractivity contribution in [3.8, 4) is 0 Å². The molecule has 2 amide bonds. The predicted octanol–water partition coefficient (Wildman–Crippen LogP) is 3.37. The van der Waals surface area contributed by atoms with E-state index in [2.05, 4.69) is 21.2 Å². The highest BCUT2D eigenvalue weighted by atomic mass is 79.9. The number of benzene rings is 1. The third-order valence-electron chi connectivity index (χ3n) is 4.06. The molecule has 1 aliphatic carbocycles. The molecule has 0 aromatic heterocycles. The summed E-state index contributed by atoms with van der Waals surface area (Å²) < 4.78 is 0.403. The van der Waals surface area contributed by atoms with E-state index >= 15 is 0 Å². The third-order valence-corrected chi connectivity index (χ3v) is 4.73. The van der Waals surface area contributed by atoms with Crippen molar-refractivity contribution in [2.24, 2.45) is 5.92 Å². The summed E-state index contributed by atoms with van der Waals surface area (Å²) in [6.07, 6.45) is 3.37. The predicted molar refractivity (Wildman–Crippen MR) is 77.7 cm³/mol. The van der Waals surface area contributed by atoms with Crippen LogP contribution >= 0.6 is 15.9 Å². The highest BCUT2D eigenvalue weighted by Crippen LogP contribution is 2.37. The number of rotatable bonds is 2. The summed E-state index contributed by atoms with van der Waals surface area (Å²) in [7, 11) is 0. The van der Waals surface area contributed by atoms with Gasteiger partial charge in [-0.3, -0.25) is 10.1 Å². The molecule has 2 fully saturated rings. The maximum atomic E-state index is 12.2. The summed E-state index contributed by atoms with van der Waals surface area (Å²) in [5, 5.41) is 13.6. The number of nitrogens with one attached hydrogen (secondary N) is 1. The number of nitro groups is 1. The van der Waals surface area contributed by atoms with E-state index in [1.54, 1.807) is 12.1 Å². The summed E-state index contributed by atoms with van der Waals surface area (Å²) in [6.45, 7) is 0.801. The molecule has 1 saturated carbocycles. The highest BCUT2D eigenvalue weighted by Gasteiger charge is 2.40. The van der Waals surface area contributed by atoms with E-state index in [0.717, 1.165) is 19.4 Å². The number of carbonyl (C=O) groups is 1. The Balaban J connectivity index is 1.73. The molecule has 0 spiro atoms. The van der Waals surface area contributed by atoms with Crippen molar-refractivity contribution in [2.75, 3.05) is 11.9 Å². The number of urea groups is 1. The molecule has 3 rings (SSSR count). The number of nitrogens with zero attached hydrogens (tertiary/aromatic N) is 2. The topological polar surface area (TPSA) is 75.5 Å². The second-order valence-corrected chi connectivity index (χ2v) is 6.19. The number of fused-ring (bicyclic) bond motifs is 2. The molecule has 1 heterocycles. The first-order valence-corrected chi connectivity index (χ1v) is 7.35. The van der Waals surface area contributed by atoms with E-state index in [-0.39, 0.29) is 11.7 Å². The van der Waals surface area contributed by atoms with Crippen LogP contribution in [-0.4, -0.2) is 28.4 Å². The van der Waals surface area contributed by atoms with Crippen LogP contribution in [0.1, 0.15) is 19.3 Å². The van der Waals surface area contributed by atoms with Crippen LogP contribution in [0.25, 0.3) is 0 Å². The van der Waals surface area contributed by atoms with E-state index in [9.17, 15) is 14.9 Å². The zero-order chi connectivity index (χ0) is 14.3. The fraction of sp³-hybridized carbons (Fsp3) is 0.462. The molecular weight excluding hydrogens is 326 g/mol. The SMILES string of the molecule is O=C(Nc1ccc(Br)c([N+](=O)[O-])c1)N1CC2CCC1C2. The zero-order valence-corrected chi connectivity index (χ0v) is 12.3. The Bertz CT molecular complexity index is 578. The molecule has 1 N–H and O–H groups in total. The van der Waals surface area contributed by atoms with Gasteiger partial charge in [0, 0.05) is 24.3 Å². The summed E-state index contributed by atoms with van der Waals surface area (Å²) in [4.78, 5) is 24.5. The fourth-order valence-corrected chi connectivity index (χ4v) is 3.49. The van der Waals surface area contributed by atoms with E-state index in [1.165, 1.54) is 12.5 Å². The quantitative estimate of drug-likeness (QED) is 0.662. The molecule has 1 aliphatic heterocycles. The van der Waals surface area contributed by atoms with Gasteiger partial charge in [-0.05, 0) is 53.2 Å². The molecule has 2 atom stereocenters. The Kier molecular flexibility index (Phi) is 3.37. The smallest absolute Gasteiger partial charge is 0.321 e. The van der Waals surface area contributed by atoms with Gasteiger partial charge in [0.2, 0.25) is 0 Å². The van der Waals surface area contributed by atoms with E-state index < -0.39 is 4.92 Å². The lowest BCUT2D eigenvalue weighted by atomic mass is 10.1. The van der Waals surface area contributed by atoms with Crippen molar-refractivity contribution in [1.29, 1.82) is 0 Å². The minimum atomic E-state index is -0.475. The molecule has 2 aliphatic rings. The number of halogens is 1. The number of nitro benzene ring substituents is 1. The van der Waals surface area contributed by atoms with E-state index in [0.29, 0.717) is 22.1 Å². The van der Waals surface area contributed by atoms with Crippen LogP contribution in [-0.2, 0) is 0 Å². The van der Waals surface area contributed by atoms with E-state index in [4.69, 9.17) is 0 Å². The summed E-state index contributed by atoms with van der Waals surface area (Å²) in [6, 6.07) is 4.78. The Morgan fingerprint density at radius 1 is 1.45 bits per heavy atom. The van der Waals surface area contributed by atoms with Gasteiger partial charge in [0.1, 0.15) is 0 Å². The van der Waals surface area contributed by atoms with Crippen LogP contribution in [0.5, 0.6) is 0 Å². The maximum Gasteiger partial charge on any atom is 0.322 e. The molecule has 2 unspecified atom stereocenters. The highest BCUT2D eigenvalue weighted by molar-refractivity contribution is 9.10. The minimum absolute atomic E-state index is 0.0502. The van der Waals surface area contributed by atoms with Crippen molar-refractivity contribution in [1.82, 2.24) is 4.90 Å². The number of hydrogen-bond acceptors (Lipinski definition) is 3. The van der Waals surface area contributed by atoms with Gasteiger partial charge < -0.3 is 10.2 Å². The molecule has 7 heteroatoms. The van der Waals surface area contributed by atoms with Crippen LogP contribution in [0, 0.1) is 16.0 Å². The summed E-state index contributed by atoms with van der Waals surface area (Å²) >= 11 is 3.13. The number of piperidine rings is 1. The molecule has 1 saturated heterocycles. The Morgan fingerprint density at radius 3 is 2.85 bits per heavy atom. The van der Waals surface area contributed by atoms with Crippen LogP contribution in [0.15, 0.2) is 22.7 Å². The molecular formula is C13H14BrN3O3. The van der Waals surface area contributed by atoms with Gasteiger partial charge in [-0.1, -0.05) is 0 Å². The standard InChI is InChI=1S/C13H14BrN3O3/c14-11-4-2-9(6-12(11)17(19)20)15-13(18)16-7-8-1-3-10(16)5-8/h2,4,6,8,10H,1,3,5,7H2,(H,15,18). The summed E-state index contributed by atoms with van der Waals surface area (Å²) in [5.74, 6) is 0.630. The monoisotopic (exact) mass is 339 g/mol. The lowest BCUT2D eigenvalue weighted by molar-refractivity contribution is -0.385. The van der Waals surface area contributed by atoms with Crippen molar-refractivity contribution >= 4 is 33.3 Å². The molecule has 1 aromatic rings. The van der Waals surface area contributed by atoms with Gasteiger partial charge >= 0.3 is 6.03 Å². The lowest BCUT2D eigenvalue weighted by Gasteiger charge is -2.27. The maximum absolute atomic E-state index is 12.2. The fourth-order valence-electron chi connectivity index (χ4n) is 3.10. The molecule has 20 heavy (non-hydrogen) atoms. The molecule has 1 aromatic carbocycles. The average Bonchev–Trinajstić information content (AvgIpc) is 3.03. The molecule has 0 radical (unpaired) electrons. The number of hydrogen-bond donors (Lipinski definition) is 1. The second kappa shape index (κ2) is 5.05. The largest absolute Gasteiger partial charge is 0.322 e. The number of likely N-dealkylation sites (tertiary alicyclic amines) is 1. The van der Waals surface area contributed by atoms with Crippen LogP contribution in [0.2, 0.25) is 0 Å². The lowest BCUT2D eigenvalue weighted by Crippen LogP contribution is -2.40. The van der Waals surface area contributed by atoms with Gasteiger partial charge in [0.05, 0.1) is 9.40 Å². The first-order valence-electron chi connectivity index (χ1n) is 6.56. The molecule has 6 nitrogen and oxygen atoms in total. The van der Waals surface area contributed by atoms with Crippen molar-refractivity contribution in [3.05, 3.63) is 32.8 Å². The Morgan fingerprint density at radius 2 is 2.25 bits per heavy atom. The minimum Gasteiger partial charge on any atom is -0.321 e. The second-order valence-electron chi connectivity index (χ2n) is 5.34. The first kappa shape index (κ1) is 13.4. The van der Waals surface area contributed by atoms with Crippen molar-refractivity contribution < 1.29 is 9.72 Å². The van der Waals surface area contributed by atoms with Gasteiger partial charge in [-0.15, -0.1) is 0 Å². The van der Waals surface area contributed by atoms with E-state index in [1.807, 2.05) is 4.90 Å². The number of amides is 2. The number of anilines is 1. The van der Waals surface area contributed by atoms with Crippen molar-refractivity contribution in [3.63, 3.8) is 0 Å². The Labute approximate surface area is 124 Å². The van der Waals surface area contributed by atoms with Crippen LogP contribution in [0.3, 0.4) is 0 Å². The summed E-state index contributed by atoms with van der Waals surface area (Å²) in [5.41, 5.74) is 0.401. The number of carbonyl (C=O) groups excluding carboxylic acids is 1. The van der Waals surface area contributed by atoms with Gasteiger partial charge in [0.15, 0.2) is 0 Å².